The number of likely N-dealkylation sites (N-methyl/N-ethyl adjacent to an activating group) is 1. The topological polar surface area (TPSA) is 66.8 Å². The zero-order valence-corrected chi connectivity index (χ0v) is 13.7. The van der Waals surface area contributed by atoms with E-state index in [0.29, 0.717) is 0 Å². The van der Waals surface area contributed by atoms with Crippen LogP contribution in [0.15, 0.2) is 17.0 Å². The number of nitrogens with zero attached hydrogens (tertiary/aromatic N) is 1. The summed E-state index contributed by atoms with van der Waals surface area (Å²) in [5.41, 5.74) is 0.0330. The van der Waals surface area contributed by atoms with Gasteiger partial charge in [0, 0.05) is 25.3 Å². The maximum absolute atomic E-state index is 13.7. The minimum Gasteiger partial charge on any atom is -0.392 e. The first-order valence-corrected chi connectivity index (χ1v) is 8.20. The molecule has 1 unspecified atom stereocenters. The van der Waals surface area contributed by atoms with Crippen LogP contribution in [0.4, 0.5) is 4.39 Å². The van der Waals surface area contributed by atoms with Crippen LogP contribution in [-0.2, 0) is 21.4 Å². The lowest BCUT2D eigenvalue weighted by Gasteiger charge is -2.27. The Labute approximate surface area is 129 Å². The van der Waals surface area contributed by atoms with Crippen molar-refractivity contribution in [3.63, 3.8) is 0 Å². The van der Waals surface area contributed by atoms with E-state index in [-0.39, 0.29) is 28.6 Å². The van der Waals surface area contributed by atoms with E-state index < -0.39 is 28.5 Å². The number of hydrogen-bond acceptors (Lipinski definition) is 4. The number of aliphatic hydroxyl groups is 1. The van der Waals surface area contributed by atoms with E-state index in [0.717, 1.165) is 6.07 Å². The highest BCUT2D eigenvalue weighted by Gasteiger charge is 2.29. The van der Waals surface area contributed by atoms with Crippen LogP contribution < -0.4 is 0 Å². The average molecular weight is 340 g/mol. The third-order valence-electron chi connectivity index (χ3n) is 3.07. The molecule has 0 bridgehead atoms. The summed E-state index contributed by atoms with van der Waals surface area (Å²) in [6.07, 6.45) is 0. The lowest BCUT2D eigenvalue weighted by Crippen LogP contribution is -2.40. The van der Waals surface area contributed by atoms with Crippen molar-refractivity contribution >= 4 is 21.6 Å². The molecule has 0 spiro atoms. The molecule has 1 atom stereocenters. The van der Waals surface area contributed by atoms with E-state index in [1.807, 2.05) is 0 Å². The number of benzene rings is 1. The van der Waals surface area contributed by atoms with Gasteiger partial charge in [-0.2, -0.15) is 4.31 Å². The van der Waals surface area contributed by atoms with Crippen molar-refractivity contribution in [3.05, 3.63) is 28.5 Å². The van der Waals surface area contributed by atoms with Crippen LogP contribution in [0.2, 0.25) is 5.02 Å². The van der Waals surface area contributed by atoms with Crippen LogP contribution in [0.3, 0.4) is 0 Å². The normalized spacial score (nSPS) is 13.7. The number of hydrogen-bond donors (Lipinski definition) is 1. The molecule has 8 heteroatoms. The van der Waals surface area contributed by atoms with Gasteiger partial charge in [0.15, 0.2) is 0 Å². The Hall–Kier alpha value is -0.730. The summed E-state index contributed by atoms with van der Waals surface area (Å²) in [7, 11) is -2.43. The zero-order chi connectivity index (χ0) is 16.2. The Morgan fingerprint density at radius 2 is 2.10 bits per heavy atom. The summed E-state index contributed by atoms with van der Waals surface area (Å²) in [4.78, 5) is -0.238. The Morgan fingerprint density at radius 3 is 2.57 bits per heavy atom. The van der Waals surface area contributed by atoms with Crippen molar-refractivity contribution in [1.29, 1.82) is 0 Å². The molecular weight excluding hydrogens is 321 g/mol. The van der Waals surface area contributed by atoms with Crippen LogP contribution in [-0.4, -0.2) is 44.1 Å². The number of ether oxygens (including phenoxy) is 1. The fourth-order valence-electron chi connectivity index (χ4n) is 2.06. The maximum atomic E-state index is 13.7. The van der Waals surface area contributed by atoms with Crippen LogP contribution in [0, 0.1) is 5.82 Å². The van der Waals surface area contributed by atoms with Gasteiger partial charge in [-0.25, -0.2) is 12.8 Å². The quantitative estimate of drug-likeness (QED) is 0.825. The van der Waals surface area contributed by atoms with Crippen molar-refractivity contribution in [2.24, 2.45) is 0 Å². The Bertz CT molecular complexity index is 594. The van der Waals surface area contributed by atoms with Crippen molar-refractivity contribution in [2.45, 2.75) is 31.4 Å². The summed E-state index contributed by atoms with van der Waals surface area (Å²) in [5, 5.41) is 8.87. The van der Waals surface area contributed by atoms with Gasteiger partial charge in [0.05, 0.1) is 23.1 Å². The Kier molecular flexibility index (Phi) is 6.55. The van der Waals surface area contributed by atoms with Crippen LogP contribution in [0.5, 0.6) is 0 Å². The molecule has 0 saturated carbocycles. The number of halogens is 2. The highest BCUT2D eigenvalue weighted by atomic mass is 35.5. The minimum atomic E-state index is -3.90. The molecule has 0 aliphatic carbocycles. The van der Waals surface area contributed by atoms with Gasteiger partial charge in [-0.3, -0.25) is 0 Å². The second-order valence-electron chi connectivity index (χ2n) is 4.55. The number of methoxy groups -OCH3 is 1. The zero-order valence-electron chi connectivity index (χ0n) is 12.1. The molecule has 0 fully saturated rings. The third-order valence-corrected chi connectivity index (χ3v) is 5.56. The molecule has 1 aromatic rings. The summed E-state index contributed by atoms with van der Waals surface area (Å²) in [5.74, 6) is -0.878. The predicted molar refractivity (Wildman–Crippen MR) is 78.2 cm³/mol. The highest BCUT2D eigenvalue weighted by molar-refractivity contribution is 7.89. The predicted octanol–water partition coefficient (Wildman–Crippen LogP) is 2.02. The number of rotatable bonds is 7. The molecule has 1 rings (SSSR count). The monoisotopic (exact) mass is 339 g/mol. The smallest absolute Gasteiger partial charge is 0.243 e. The molecular formula is C13H19ClFNO4S. The lowest BCUT2D eigenvalue weighted by molar-refractivity contribution is 0.142. The minimum absolute atomic E-state index is 0.0330. The fraction of sp³-hybridized carbons (Fsp3) is 0.538. The van der Waals surface area contributed by atoms with Crippen molar-refractivity contribution in [3.8, 4) is 0 Å². The van der Waals surface area contributed by atoms with Crippen molar-refractivity contribution in [1.82, 2.24) is 4.31 Å². The van der Waals surface area contributed by atoms with E-state index in [2.05, 4.69) is 0 Å². The molecule has 0 aromatic heterocycles. The van der Waals surface area contributed by atoms with Gasteiger partial charge in [-0.15, -0.1) is 0 Å². The van der Waals surface area contributed by atoms with Crippen molar-refractivity contribution < 1.29 is 22.7 Å². The molecule has 0 radical (unpaired) electrons. The number of sulfonamides is 1. The average Bonchev–Trinajstić information content (AvgIpc) is 2.42. The summed E-state index contributed by atoms with van der Waals surface area (Å²) < 4.78 is 45.1. The van der Waals surface area contributed by atoms with Gasteiger partial charge in [0.1, 0.15) is 5.82 Å². The first kappa shape index (κ1) is 18.3. The van der Waals surface area contributed by atoms with Gasteiger partial charge < -0.3 is 9.84 Å². The summed E-state index contributed by atoms with van der Waals surface area (Å²) >= 11 is 5.68. The van der Waals surface area contributed by atoms with Gasteiger partial charge in [0.25, 0.3) is 0 Å². The lowest BCUT2D eigenvalue weighted by atomic mass is 10.2. The van der Waals surface area contributed by atoms with E-state index in [1.54, 1.807) is 13.8 Å². The van der Waals surface area contributed by atoms with Gasteiger partial charge in [-0.05, 0) is 19.1 Å². The first-order chi connectivity index (χ1) is 9.79. The molecule has 0 aliphatic heterocycles. The molecule has 5 nitrogen and oxygen atoms in total. The maximum Gasteiger partial charge on any atom is 0.243 e. The SMILES string of the molecule is CCN(C(C)COC)S(=O)(=O)c1cc(F)c(Cl)c(CO)c1. The molecule has 0 heterocycles. The molecule has 0 aliphatic rings. The van der Waals surface area contributed by atoms with E-state index in [4.69, 9.17) is 21.4 Å². The number of aliphatic hydroxyl groups excluding tert-OH is 1. The summed E-state index contributed by atoms with van der Waals surface area (Å²) in [6, 6.07) is 1.64. The van der Waals surface area contributed by atoms with E-state index in [9.17, 15) is 12.8 Å². The molecule has 120 valence electrons. The van der Waals surface area contributed by atoms with E-state index in [1.165, 1.54) is 17.5 Å². The Morgan fingerprint density at radius 1 is 1.48 bits per heavy atom. The Balaban J connectivity index is 3.32. The van der Waals surface area contributed by atoms with Crippen LogP contribution in [0.1, 0.15) is 19.4 Å². The van der Waals surface area contributed by atoms with Crippen LogP contribution in [0.25, 0.3) is 0 Å². The summed E-state index contributed by atoms with van der Waals surface area (Å²) in [6.45, 7) is 3.27. The second kappa shape index (κ2) is 7.51. The molecule has 1 aromatic carbocycles. The van der Waals surface area contributed by atoms with Gasteiger partial charge in [-0.1, -0.05) is 18.5 Å². The first-order valence-electron chi connectivity index (χ1n) is 6.39. The molecule has 0 saturated heterocycles. The van der Waals surface area contributed by atoms with Gasteiger partial charge in [0.2, 0.25) is 10.0 Å². The second-order valence-corrected chi connectivity index (χ2v) is 6.82. The van der Waals surface area contributed by atoms with E-state index >= 15 is 0 Å². The van der Waals surface area contributed by atoms with Crippen molar-refractivity contribution in [2.75, 3.05) is 20.3 Å². The molecule has 1 N–H and O–H groups in total. The largest absolute Gasteiger partial charge is 0.392 e. The fourth-order valence-corrected chi connectivity index (χ4v) is 3.92. The molecule has 21 heavy (non-hydrogen) atoms. The third kappa shape index (κ3) is 3.92. The highest BCUT2D eigenvalue weighted by Crippen LogP contribution is 2.27. The van der Waals surface area contributed by atoms with Crippen LogP contribution >= 0.6 is 11.6 Å². The molecule has 0 amide bonds. The van der Waals surface area contributed by atoms with Gasteiger partial charge >= 0.3 is 0 Å². The standard InChI is InChI=1S/C13H19ClFNO4S/c1-4-16(9(2)8-20-3)21(18,19)11-5-10(7-17)13(14)12(15)6-11/h5-6,9,17H,4,7-8H2,1-3H3.